The molecule has 23 heavy (non-hydrogen) atoms. The number of nitrogens with zero attached hydrogens (tertiary/aromatic N) is 1. The summed E-state index contributed by atoms with van der Waals surface area (Å²) >= 11 is 0. The summed E-state index contributed by atoms with van der Waals surface area (Å²) in [7, 11) is 0. The van der Waals surface area contributed by atoms with Crippen LogP contribution in [0.15, 0.2) is 18.2 Å². The molecule has 0 aliphatic carbocycles. The molecule has 2 unspecified atom stereocenters. The molecule has 128 valence electrons. The number of hydrogen-bond donors (Lipinski definition) is 1. The molecule has 1 N–H and O–H groups in total. The monoisotopic (exact) mass is 320 g/mol. The van der Waals surface area contributed by atoms with Crippen LogP contribution in [0.3, 0.4) is 0 Å². The van der Waals surface area contributed by atoms with Crippen LogP contribution in [-0.4, -0.2) is 49.2 Å². The van der Waals surface area contributed by atoms with Gasteiger partial charge in [0.15, 0.2) is 11.5 Å². The van der Waals surface area contributed by atoms with Gasteiger partial charge in [0.1, 0.15) is 0 Å². The maximum Gasteiger partial charge on any atom is 0.254 e. The van der Waals surface area contributed by atoms with E-state index in [4.69, 9.17) is 9.47 Å². The minimum absolute atomic E-state index is 0.0499. The number of ether oxygens (including phenoxy) is 2. The predicted octanol–water partition coefficient (Wildman–Crippen LogP) is 2.70. The van der Waals surface area contributed by atoms with E-state index in [9.17, 15) is 4.79 Å². The van der Waals surface area contributed by atoms with Gasteiger partial charge in [-0.05, 0) is 45.4 Å². The first kappa shape index (κ1) is 17.6. The van der Waals surface area contributed by atoms with E-state index < -0.39 is 0 Å². The Labute approximate surface area is 139 Å². The van der Waals surface area contributed by atoms with Crippen LogP contribution < -0.4 is 14.8 Å². The first-order chi connectivity index (χ1) is 11.1. The molecule has 1 aromatic carbocycles. The zero-order valence-electron chi connectivity index (χ0n) is 14.6. The van der Waals surface area contributed by atoms with Gasteiger partial charge in [-0.3, -0.25) is 4.79 Å². The minimum Gasteiger partial charge on any atom is -0.490 e. The summed E-state index contributed by atoms with van der Waals surface area (Å²) in [6.07, 6.45) is 0.933. The third kappa shape index (κ3) is 4.16. The molecular weight excluding hydrogens is 292 g/mol. The van der Waals surface area contributed by atoms with Gasteiger partial charge >= 0.3 is 0 Å². The fraction of sp³-hybridized carbons (Fsp3) is 0.611. The van der Waals surface area contributed by atoms with Crippen molar-refractivity contribution in [2.24, 2.45) is 0 Å². The fourth-order valence-electron chi connectivity index (χ4n) is 2.75. The molecule has 1 saturated heterocycles. The molecule has 0 aromatic heterocycles. The third-order valence-electron chi connectivity index (χ3n) is 4.25. The average molecular weight is 320 g/mol. The largest absolute Gasteiger partial charge is 0.490 e. The zero-order valence-corrected chi connectivity index (χ0v) is 14.6. The Balaban J connectivity index is 2.21. The number of rotatable bonds is 6. The summed E-state index contributed by atoms with van der Waals surface area (Å²) in [4.78, 5) is 14.8. The van der Waals surface area contributed by atoms with Gasteiger partial charge in [0.25, 0.3) is 5.91 Å². The van der Waals surface area contributed by atoms with E-state index in [0.29, 0.717) is 36.3 Å². The van der Waals surface area contributed by atoms with Crippen LogP contribution >= 0.6 is 0 Å². The first-order valence-electron chi connectivity index (χ1n) is 8.52. The number of carbonyl (C=O) groups excluding carboxylic acids is 1. The fourth-order valence-corrected chi connectivity index (χ4v) is 2.75. The maximum absolute atomic E-state index is 12.8. The van der Waals surface area contributed by atoms with Crippen molar-refractivity contribution in [2.45, 2.75) is 46.2 Å². The van der Waals surface area contributed by atoms with Crippen LogP contribution in [0.1, 0.15) is 44.5 Å². The van der Waals surface area contributed by atoms with Gasteiger partial charge in [-0.15, -0.1) is 0 Å². The Morgan fingerprint density at radius 1 is 1.26 bits per heavy atom. The van der Waals surface area contributed by atoms with Crippen molar-refractivity contribution < 1.29 is 14.3 Å². The van der Waals surface area contributed by atoms with Crippen molar-refractivity contribution in [3.63, 3.8) is 0 Å². The molecule has 0 spiro atoms. The van der Waals surface area contributed by atoms with Gasteiger partial charge in [0.05, 0.1) is 13.2 Å². The predicted molar refractivity (Wildman–Crippen MR) is 91.4 cm³/mol. The molecular formula is C18H28N2O3. The lowest BCUT2D eigenvalue weighted by atomic mass is 10.0. The van der Waals surface area contributed by atoms with Crippen LogP contribution in [-0.2, 0) is 0 Å². The summed E-state index contributed by atoms with van der Waals surface area (Å²) in [6, 6.07) is 5.93. The second-order valence-electron chi connectivity index (χ2n) is 5.92. The van der Waals surface area contributed by atoms with Crippen LogP contribution in [0.5, 0.6) is 11.5 Å². The highest BCUT2D eigenvalue weighted by Gasteiger charge is 2.29. The van der Waals surface area contributed by atoms with Crippen LogP contribution in [0.25, 0.3) is 0 Å². The number of piperazine rings is 1. The molecule has 2 atom stereocenters. The van der Waals surface area contributed by atoms with Gasteiger partial charge in [-0.25, -0.2) is 0 Å². The van der Waals surface area contributed by atoms with Crippen LogP contribution in [0, 0.1) is 0 Å². The Hall–Kier alpha value is -1.75. The quantitative estimate of drug-likeness (QED) is 0.875. The standard InChI is InChI=1S/C18H28N2O3/c1-5-11-23-16-8-7-15(12-17(16)22-6-2)18(21)20-10-9-19-13(3)14(20)4/h7-8,12-14,19H,5-6,9-11H2,1-4H3. The molecule has 1 aliphatic heterocycles. The second kappa shape index (κ2) is 8.20. The van der Waals surface area contributed by atoms with E-state index in [2.05, 4.69) is 26.1 Å². The first-order valence-corrected chi connectivity index (χ1v) is 8.52. The smallest absolute Gasteiger partial charge is 0.254 e. The topological polar surface area (TPSA) is 50.8 Å². The minimum atomic E-state index is 0.0499. The number of carbonyl (C=O) groups is 1. The highest BCUT2D eigenvalue weighted by molar-refractivity contribution is 5.95. The molecule has 1 amide bonds. The van der Waals surface area contributed by atoms with Gasteiger partial charge in [-0.2, -0.15) is 0 Å². The van der Waals surface area contributed by atoms with Crippen molar-refractivity contribution in [3.8, 4) is 11.5 Å². The molecule has 1 fully saturated rings. The third-order valence-corrected chi connectivity index (χ3v) is 4.25. The number of hydrogen-bond acceptors (Lipinski definition) is 4. The van der Waals surface area contributed by atoms with Gasteiger partial charge in [0.2, 0.25) is 0 Å². The number of benzene rings is 1. The van der Waals surface area contributed by atoms with E-state index >= 15 is 0 Å². The normalized spacial score (nSPS) is 21.1. The molecule has 0 radical (unpaired) electrons. The Bertz CT molecular complexity index is 533. The van der Waals surface area contributed by atoms with E-state index in [-0.39, 0.29) is 11.9 Å². The maximum atomic E-state index is 12.8. The summed E-state index contributed by atoms with van der Waals surface area (Å²) in [6.45, 7) is 10.9. The second-order valence-corrected chi connectivity index (χ2v) is 5.92. The Morgan fingerprint density at radius 2 is 2.04 bits per heavy atom. The lowest BCUT2D eigenvalue weighted by Crippen LogP contribution is -2.57. The van der Waals surface area contributed by atoms with Gasteiger partial charge in [0, 0.05) is 30.7 Å². The van der Waals surface area contributed by atoms with Gasteiger partial charge in [-0.1, -0.05) is 6.92 Å². The molecule has 2 rings (SSSR count). The summed E-state index contributed by atoms with van der Waals surface area (Å²) < 4.78 is 11.3. The highest BCUT2D eigenvalue weighted by Crippen LogP contribution is 2.29. The molecule has 1 aromatic rings. The summed E-state index contributed by atoms with van der Waals surface area (Å²) in [5, 5.41) is 3.39. The molecule has 1 aliphatic rings. The highest BCUT2D eigenvalue weighted by atomic mass is 16.5. The molecule has 1 heterocycles. The van der Waals surface area contributed by atoms with Crippen LogP contribution in [0.4, 0.5) is 0 Å². The Kier molecular flexibility index (Phi) is 6.28. The Morgan fingerprint density at radius 3 is 2.74 bits per heavy atom. The van der Waals surface area contributed by atoms with Crippen molar-refractivity contribution in [3.05, 3.63) is 23.8 Å². The molecule has 0 saturated carbocycles. The number of amides is 1. The molecule has 5 nitrogen and oxygen atoms in total. The average Bonchev–Trinajstić information content (AvgIpc) is 2.56. The SMILES string of the molecule is CCCOc1ccc(C(=O)N2CCNC(C)C2C)cc1OCC. The van der Waals surface area contributed by atoms with Gasteiger partial charge < -0.3 is 19.7 Å². The summed E-state index contributed by atoms with van der Waals surface area (Å²) in [5.41, 5.74) is 0.651. The summed E-state index contributed by atoms with van der Waals surface area (Å²) in [5.74, 6) is 1.39. The van der Waals surface area contributed by atoms with E-state index in [0.717, 1.165) is 19.5 Å². The van der Waals surface area contributed by atoms with Crippen molar-refractivity contribution >= 4 is 5.91 Å². The molecule has 5 heteroatoms. The lowest BCUT2D eigenvalue weighted by Gasteiger charge is -2.38. The zero-order chi connectivity index (χ0) is 16.8. The van der Waals surface area contributed by atoms with Crippen LogP contribution in [0.2, 0.25) is 0 Å². The lowest BCUT2D eigenvalue weighted by molar-refractivity contribution is 0.0602. The van der Waals surface area contributed by atoms with Crippen molar-refractivity contribution in [1.82, 2.24) is 10.2 Å². The number of nitrogens with one attached hydrogen (secondary N) is 1. The molecule has 0 bridgehead atoms. The van der Waals surface area contributed by atoms with E-state index in [1.807, 2.05) is 24.0 Å². The van der Waals surface area contributed by atoms with Crippen molar-refractivity contribution in [1.29, 1.82) is 0 Å². The van der Waals surface area contributed by atoms with E-state index in [1.54, 1.807) is 6.07 Å². The van der Waals surface area contributed by atoms with E-state index in [1.165, 1.54) is 0 Å². The van der Waals surface area contributed by atoms with Crippen molar-refractivity contribution in [2.75, 3.05) is 26.3 Å².